The minimum Gasteiger partial charge on any atom is -0.497 e. The summed E-state index contributed by atoms with van der Waals surface area (Å²) in [5.74, 6) is 0.893. The minimum absolute atomic E-state index is 0.173. The highest BCUT2D eigenvalue weighted by atomic mass is 127. The first kappa shape index (κ1) is 27.0. The number of halogens is 1. The molecule has 0 heterocycles. The van der Waals surface area contributed by atoms with E-state index >= 15 is 0 Å². The summed E-state index contributed by atoms with van der Waals surface area (Å²) < 4.78 is 17.5. The molecule has 2 amide bonds. The Hall–Kier alpha value is -3.60. The van der Waals surface area contributed by atoms with Crippen molar-refractivity contribution in [2.24, 2.45) is 5.10 Å². The summed E-state index contributed by atoms with van der Waals surface area (Å²) in [7, 11) is 1.54. The molecule has 3 aromatic carbocycles. The Kier molecular flexibility index (Phi) is 9.69. The number of hydrogen-bond donors (Lipinski definition) is 2. The molecule has 0 spiro atoms. The first-order valence-corrected chi connectivity index (χ1v) is 12.3. The summed E-state index contributed by atoms with van der Waals surface area (Å²) in [4.78, 5) is 24.9. The lowest BCUT2D eigenvalue weighted by molar-refractivity contribution is -0.118. The van der Waals surface area contributed by atoms with Crippen LogP contribution in [0.1, 0.15) is 34.0 Å². The van der Waals surface area contributed by atoms with E-state index in [4.69, 9.17) is 14.2 Å². The largest absolute Gasteiger partial charge is 0.497 e. The van der Waals surface area contributed by atoms with Crippen LogP contribution in [0.25, 0.3) is 0 Å². The van der Waals surface area contributed by atoms with E-state index in [9.17, 15) is 9.59 Å². The Morgan fingerprint density at radius 3 is 2.61 bits per heavy atom. The van der Waals surface area contributed by atoms with Crippen LogP contribution in [0.4, 0.5) is 5.69 Å². The molecular formula is C27H28IN3O5. The van der Waals surface area contributed by atoms with Crippen LogP contribution in [0, 0.1) is 17.4 Å². The van der Waals surface area contributed by atoms with Gasteiger partial charge in [0.15, 0.2) is 18.1 Å². The molecule has 0 saturated heterocycles. The maximum atomic E-state index is 12.5. The number of carbonyl (C=O) groups excluding carboxylic acids is 2. The van der Waals surface area contributed by atoms with E-state index in [1.54, 1.807) is 30.3 Å². The second-order valence-electron chi connectivity index (χ2n) is 7.85. The van der Waals surface area contributed by atoms with Crippen molar-refractivity contribution in [2.75, 3.05) is 25.6 Å². The first-order chi connectivity index (χ1) is 17.3. The van der Waals surface area contributed by atoms with Gasteiger partial charge in [-0.15, -0.1) is 0 Å². The fourth-order valence-electron chi connectivity index (χ4n) is 3.25. The quantitative estimate of drug-likeness (QED) is 0.192. The molecule has 0 aromatic heterocycles. The first-order valence-electron chi connectivity index (χ1n) is 11.2. The number of nitrogens with zero attached hydrogens (tertiary/aromatic N) is 1. The molecule has 8 nitrogen and oxygen atoms in total. The molecular weight excluding hydrogens is 573 g/mol. The highest BCUT2D eigenvalue weighted by molar-refractivity contribution is 14.1. The van der Waals surface area contributed by atoms with E-state index in [1.165, 1.54) is 13.3 Å². The molecule has 0 bridgehead atoms. The van der Waals surface area contributed by atoms with Crippen molar-refractivity contribution in [1.82, 2.24) is 5.43 Å². The molecule has 0 unspecified atom stereocenters. The molecule has 0 fully saturated rings. The van der Waals surface area contributed by atoms with Gasteiger partial charge in [-0.1, -0.05) is 18.2 Å². The van der Waals surface area contributed by atoms with Gasteiger partial charge in [-0.2, -0.15) is 5.10 Å². The number of carbonyl (C=O) groups is 2. The van der Waals surface area contributed by atoms with Crippen LogP contribution in [-0.4, -0.2) is 38.4 Å². The lowest BCUT2D eigenvalue weighted by Crippen LogP contribution is -2.21. The number of ether oxygens (including phenoxy) is 3. The predicted octanol–water partition coefficient (Wildman–Crippen LogP) is 5.10. The number of amides is 2. The second-order valence-corrected chi connectivity index (χ2v) is 9.01. The summed E-state index contributed by atoms with van der Waals surface area (Å²) >= 11 is 2.11. The van der Waals surface area contributed by atoms with Crippen molar-refractivity contribution in [2.45, 2.75) is 20.8 Å². The molecule has 188 valence electrons. The smallest absolute Gasteiger partial charge is 0.271 e. The van der Waals surface area contributed by atoms with Crippen molar-refractivity contribution in [3.05, 3.63) is 80.4 Å². The van der Waals surface area contributed by atoms with Crippen molar-refractivity contribution < 1.29 is 23.8 Å². The van der Waals surface area contributed by atoms with Crippen molar-refractivity contribution >= 4 is 46.3 Å². The van der Waals surface area contributed by atoms with Crippen LogP contribution in [-0.2, 0) is 4.79 Å². The molecule has 3 rings (SSSR count). The fourth-order valence-corrected chi connectivity index (χ4v) is 4.04. The monoisotopic (exact) mass is 601 g/mol. The third-order valence-electron chi connectivity index (χ3n) is 5.06. The molecule has 0 aliphatic carbocycles. The van der Waals surface area contributed by atoms with Crippen LogP contribution in [0.5, 0.6) is 17.2 Å². The molecule has 36 heavy (non-hydrogen) atoms. The zero-order valence-corrected chi connectivity index (χ0v) is 22.7. The van der Waals surface area contributed by atoms with Gasteiger partial charge in [-0.25, -0.2) is 5.43 Å². The summed E-state index contributed by atoms with van der Waals surface area (Å²) in [6.45, 7) is 6.00. The van der Waals surface area contributed by atoms with E-state index in [2.05, 4.69) is 38.4 Å². The van der Waals surface area contributed by atoms with Crippen LogP contribution in [0.2, 0.25) is 0 Å². The van der Waals surface area contributed by atoms with Crippen LogP contribution in [0.3, 0.4) is 0 Å². The maximum absolute atomic E-state index is 12.5. The molecule has 9 heteroatoms. The Balaban J connectivity index is 1.67. The number of hydrazone groups is 1. The average Bonchev–Trinajstić information content (AvgIpc) is 2.86. The standard InChI is InChI=1S/C27H28IN3O5/c1-5-35-24-13-19(15-29-31-27(33)20-7-6-8-21(14-20)34-4)12-22(28)26(24)36-16-25(32)30-23-11-17(2)9-10-18(23)3/h6-15H,5,16H2,1-4H3,(H,30,32)(H,31,33)/b29-15+. The molecule has 0 aliphatic heterocycles. The Bertz CT molecular complexity index is 1280. The Morgan fingerprint density at radius 2 is 1.86 bits per heavy atom. The van der Waals surface area contributed by atoms with Gasteiger partial charge in [-0.05, 0) is 96.5 Å². The highest BCUT2D eigenvalue weighted by Gasteiger charge is 2.14. The molecule has 0 radical (unpaired) electrons. The zero-order chi connectivity index (χ0) is 26.1. The number of nitrogens with one attached hydrogen (secondary N) is 2. The number of anilines is 1. The summed E-state index contributed by atoms with van der Waals surface area (Å²) in [6.07, 6.45) is 1.51. The van der Waals surface area contributed by atoms with Crippen LogP contribution in [0.15, 0.2) is 59.7 Å². The maximum Gasteiger partial charge on any atom is 0.271 e. The lowest BCUT2D eigenvalue weighted by atomic mass is 10.1. The number of methoxy groups -OCH3 is 1. The molecule has 0 aliphatic rings. The molecule has 0 atom stereocenters. The SMILES string of the molecule is CCOc1cc(/C=N/NC(=O)c2cccc(OC)c2)cc(I)c1OCC(=O)Nc1cc(C)ccc1C. The normalized spacial score (nSPS) is 10.7. The number of rotatable bonds is 10. The van der Waals surface area contributed by atoms with Gasteiger partial charge in [0.25, 0.3) is 11.8 Å². The van der Waals surface area contributed by atoms with E-state index in [1.807, 2.05) is 45.0 Å². The summed E-state index contributed by atoms with van der Waals surface area (Å²) in [5.41, 5.74) is 6.41. The molecule has 3 aromatic rings. The predicted molar refractivity (Wildman–Crippen MR) is 148 cm³/mol. The second kappa shape index (κ2) is 12.9. The number of benzene rings is 3. The van der Waals surface area contributed by atoms with Gasteiger partial charge in [0, 0.05) is 11.3 Å². The number of hydrogen-bond acceptors (Lipinski definition) is 6. The topological polar surface area (TPSA) is 98.2 Å². The summed E-state index contributed by atoms with van der Waals surface area (Å²) in [6, 6.07) is 16.2. The number of aryl methyl sites for hydroxylation is 2. The van der Waals surface area contributed by atoms with E-state index in [-0.39, 0.29) is 18.4 Å². The molecule has 0 saturated carbocycles. The average molecular weight is 601 g/mol. The van der Waals surface area contributed by atoms with E-state index in [0.717, 1.165) is 20.4 Å². The van der Waals surface area contributed by atoms with Crippen LogP contribution < -0.4 is 25.0 Å². The third kappa shape index (κ3) is 7.45. The van der Waals surface area contributed by atoms with Crippen molar-refractivity contribution in [1.29, 1.82) is 0 Å². The van der Waals surface area contributed by atoms with Gasteiger partial charge >= 0.3 is 0 Å². The van der Waals surface area contributed by atoms with Gasteiger partial charge in [0.1, 0.15) is 5.75 Å². The zero-order valence-electron chi connectivity index (χ0n) is 20.6. The Morgan fingerprint density at radius 1 is 1.06 bits per heavy atom. The minimum atomic E-state index is -0.361. The van der Waals surface area contributed by atoms with Crippen molar-refractivity contribution in [3.63, 3.8) is 0 Å². The van der Waals surface area contributed by atoms with E-state index < -0.39 is 0 Å². The van der Waals surface area contributed by atoms with Crippen molar-refractivity contribution in [3.8, 4) is 17.2 Å². The van der Waals surface area contributed by atoms with Gasteiger partial charge in [0.2, 0.25) is 0 Å². The van der Waals surface area contributed by atoms with Gasteiger partial charge in [0.05, 0.1) is 23.5 Å². The third-order valence-corrected chi connectivity index (χ3v) is 5.86. The lowest BCUT2D eigenvalue weighted by Gasteiger charge is -2.15. The fraction of sp³-hybridized carbons (Fsp3) is 0.222. The Labute approximate surface area is 224 Å². The highest BCUT2D eigenvalue weighted by Crippen LogP contribution is 2.34. The van der Waals surface area contributed by atoms with E-state index in [0.29, 0.717) is 35.0 Å². The summed E-state index contributed by atoms with van der Waals surface area (Å²) in [5, 5.41) is 6.94. The molecule has 2 N–H and O–H groups in total. The van der Waals surface area contributed by atoms with Gasteiger partial charge in [-0.3, -0.25) is 9.59 Å². The van der Waals surface area contributed by atoms with Gasteiger partial charge < -0.3 is 19.5 Å². The van der Waals surface area contributed by atoms with Crippen LogP contribution >= 0.6 is 22.6 Å².